The summed E-state index contributed by atoms with van der Waals surface area (Å²) in [5.74, 6) is 0.582. The summed E-state index contributed by atoms with van der Waals surface area (Å²) in [4.78, 5) is 13.1. The van der Waals surface area contributed by atoms with Crippen LogP contribution in [0.4, 0.5) is 4.79 Å². The van der Waals surface area contributed by atoms with Gasteiger partial charge in [0, 0.05) is 32.2 Å². The number of alkyl carbamates (subject to hydrolysis) is 1. The lowest BCUT2D eigenvalue weighted by molar-refractivity contribution is -0.0907. The van der Waals surface area contributed by atoms with Crippen LogP contribution in [0, 0.1) is 5.92 Å². The molecule has 44 heavy (non-hydrogen) atoms. The summed E-state index contributed by atoms with van der Waals surface area (Å²) >= 11 is 0. The van der Waals surface area contributed by atoms with Crippen LogP contribution in [0.5, 0.6) is 11.5 Å². The molecule has 5 rings (SSSR count). The zero-order chi connectivity index (χ0) is 30.9. The number of amides is 1. The van der Waals surface area contributed by atoms with Gasteiger partial charge in [-0.2, -0.15) is 4.31 Å². The minimum atomic E-state index is -4.15. The summed E-state index contributed by atoms with van der Waals surface area (Å²) < 4.78 is 57.5. The van der Waals surface area contributed by atoms with Crippen LogP contribution in [-0.2, 0) is 30.7 Å². The van der Waals surface area contributed by atoms with Crippen molar-refractivity contribution in [3.8, 4) is 11.5 Å². The molecule has 240 valence electrons. The van der Waals surface area contributed by atoms with Gasteiger partial charge in [-0.1, -0.05) is 42.5 Å². The van der Waals surface area contributed by atoms with Gasteiger partial charge >= 0.3 is 6.09 Å². The maximum absolute atomic E-state index is 14.1. The molecule has 3 heterocycles. The minimum Gasteiger partial charge on any atom is -0.497 e. The third-order valence-electron chi connectivity index (χ3n) is 7.98. The highest BCUT2D eigenvalue weighted by Gasteiger charge is 2.44. The number of carbonyl (C=O) groups is 1. The van der Waals surface area contributed by atoms with Crippen molar-refractivity contribution < 1.29 is 42.0 Å². The van der Waals surface area contributed by atoms with Crippen LogP contribution in [-0.4, -0.2) is 102 Å². The molecule has 12 nitrogen and oxygen atoms in total. The maximum Gasteiger partial charge on any atom is 0.407 e. The number of aliphatic hydroxyl groups is 1. The first kappa shape index (κ1) is 32.2. The molecule has 0 unspecified atom stereocenters. The third kappa shape index (κ3) is 8.09. The van der Waals surface area contributed by atoms with E-state index in [0.29, 0.717) is 31.9 Å². The van der Waals surface area contributed by atoms with Gasteiger partial charge in [0.15, 0.2) is 6.29 Å². The summed E-state index contributed by atoms with van der Waals surface area (Å²) in [5.41, 5.74) is 0.859. The van der Waals surface area contributed by atoms with E-state index >= 15 is 0 Å². The molecule has 0 spiro atoms. The van der Waals surface area contributed by atoms with Gasteiger partial charge in [-0.15, -0.1) is 0 Å². The highest BCUT2D eigenvalue weighted by molar-refractivity contribution is 7.89. The van der Waals surface area contributed by atoms with E-state index in [4.69, 9.17) is 23.7 Å². The van der Waals surface area contributed by atoms with E-state index in [9.17, 15) is 18.3 Å². The second-order valence-corrected chi connectivity index (χ2v) is 12.9. The van der Waals surface area contributed by atoms with Gasteiger partial charge < -0.3 is 39.4 Å². The number of sulfonamides is 1. The number of β-amino-alcohol motifs (C(OH)–C–C–N with tert-alkyl or cyclic N) is 1. The Bertz CT molecular complexity index is 1370. The Morgan fingerprint density at radius 1 is 1.16 bits per heavy atom. The van der Waals surface area contributed by atoms with E-state index < -0.39 is 34.4 Å². The highest BCUT2D eigenvalue weighted by atomic mass is 32.2. The molecule has 0 saturated carbocycles. The molecule has 2 saturated heterocycles. The Hall–Kier alpha value is -3.20. The van der Waals surface area contributed by atoms with Gasteiger partial charge in [0.05, 0.1) is 45.0 Å². The van der Waals surface area contributed by atoms with Gasteiger partial charge in [0.25, 0.3) is 0 Å². The van der Waals surface area contributed by atoms with Crippen molar-refractivity contribution in [2.24, 2.45) is 5.92 Å². The summed E-state index contributed by atoms with van der Waals surface area (Å²) in [7, 11) is -2.65. The fourth-order valence-corrected chi connectivity index (χ4v) is 7.15. The van der Waals surface area contributed by atoms with Gasteiger partial charge in [-0.25, -0.2) is 13.2 Å². The number of rotatable bonds is 8. The highest BCUT2D eigenvalue weighted by Crippen LogP contribution is 2.33. The van der Waals surface area contributed by atoms with Crippen molar-refractivity contribution in [1.29, 1.82) is 0 Å². The zero-order valence-electron chi connectivity index (χ0n) is 24.8. The van der Waals surface area contributed by atoms with Crippen LogP contribution >= 0.6 is 0 Å². The third-order valence-corrected chi connectivity index (χ3v) is 9.88. The van der Waals surface area contributed by atoms with Crippen LogP contribution in [0.3, 0.4) is 0 Å². The second kappa shape index (κ2) is 15.2. The van der Waals surface area contributed by atoms with Gasteiger partial charge in [-0.05, 0) is 37.0 Å². The van der Waals surface area contributed by atoms with Gasteiger partial charge in [-0.3, -0.25) is 0 Å². The summed E-state index contributed by atoms with van der Waals surface area (Å²) in [6.45, 7) is 1.74. The fraction of sp³-hybridized carbons (Fsp3) is 0.516. The van der Waals surface area contributed by atoms with E-state index in [-0.39, 0.29) is 55.6 Å². The molecule has 5 atom stereocenters. The van der Waals surface area contributed by atoms with Crippen molar-refractivity contribution in [2.75, 3.05) is 53.1 Å². The Kier molecular flexibility index (Phi) is 11.1. The molecule has 3 aliphatic heterocycles. The van der Waals surface area contributed by atoms with Crippen LogP contribution in [0.1, 0.15) is 18.4 Å². The van der Waals surface area contributed by atoms with E-state index in [1.807, 2.05) is 42.5 Å². The Labute approximate surface area is 258 Å². The summed E-state index contributed by atoms with van der Waals surface area (Å²) in [5, 5.41) is 17.6. The molecule has 3 aliphatic rings. The van der Waals surface area contributed by atoms with Crippen molar-refractivity contribution >= 4 is 16.1 Å². The van der Waals surface area contributed by atoms with Gasteiger partial charge in [0.2, 0.25) is 10.0 Å². The quantitative estimate of drug-likeness (QED) is 0.371. The molecule has 2 fully saturated rings. The molecule has 0 bridgehead atoms. The topological polar surface area (TPSA) is 145 Å². The second-order valence-electron chi connectivity index (χ2n) is 11.0. The zero-order valence-corrected chi connectivity index (χ0v) is 25.6. The number of ether oxygens (including phenoxy) is 5. The summed E-state index contributed by atoms with van der Waals surface area (Å²) in [6.07, 6.45) is 2.68. The number of hydrogen-bond acceptors (Lipinski definition) is 10. The van der Waals surface area contributed by atoms with Crippen molar-refractivity contribution in [3.05, 3.63) is 66.2 Å². The molecule has 2 aromatic carbocycles. The van der Waals surface area contributed by atoms with Crippen molar-refractivity contribution in [2.45, 2.75) is 48.7 Å². The number of aliphatic hydroxyl groups excluding tert-OH is 1. The predicted molar refractivity (Wildman–Crippen MR) is 161 cm³/mol. The van der Waals surface area contributed by atoms with Crippen LogP contribution < -0.4 is 20.1 Å². The molecule has 3 N–H and O–H groups in total. The van der Waals surface area contributed by atoms with E-state index in [0.717, 1.165) is 12.0 Å². The average Bonchev–Trinajstić information content (AvgIpc) is 3.64. The molecular formula is C31H41N3O9S. The number of nitrogens with zero attached hydrogens (tertiary/aromatic N) is 1. The van der Waals surface area contributed by atoms with Crippen LogP contribution in [0.15, 0.2) is 65.6 Å². The van der Waals surface area contributed by atoms with Crippen molar-refractivity contribution in [1.82, 2.24) is 14.9 Å². The van der Waals surface area contributed by atoms with Crippen molar-refractivity contribution in [3.63, 3.8) is 0 Å². The lowest BCUT2D eigenvalue weighted by Crippen LogP contribution is -2.52. The number of fused-ring (bicyclic) bond motifs is 2. The SMILES string of the molecule is COc1ccc2c(c1)OCC/C=C\CNCCN(C[C@@H](O)[C@H](Cc1ccccc1)NC(=O)O[C@H]1CO[C@H]3OCC[C@H]31)S2(=O)=O. The number of carbonyl (C=O) groups excluding carboxylic acids is 1. The monoisotopic (exact) mass is 631 g/mol. The fourth-order valence-electron chi connectivity index (χ4n) is 5.57. The van der Waals surface area contributed by atoms with E-state index in [1.165, 1.54) is 17.5 Å². The normalized spacial score (nSPS) is 25.9. The number of hydrogen-bond donors (Lipinski definition) is 3. The molecule has 2 aromatic rings. The summed E-state index contributed by atoms with van der Waals surface area (Å²) in [6, 6.07) is 13.1. The number of nitrogens with one attached hydrogen (secondary N) is 2. The first-order valence-corrected chi connectivity index (χ1v) is 16.4. The largest absolute Gasteiger partial charge is 0.497 e. The van der Waals surface area contributed by atoms with Crippen LogP contribution in [0.2, 0.25) is 0 Å². The van der Waals surface area contributed by atoms with Gasteiger partial charge in [0.1, 0.15) is 22.5 Å². The lowest BCUT2D eigenvalue weighted by atomic mass is 10.0. The van der Waals surface area contributed by atoms with Crippen LogP contribution in [0.25, 0.3) is 0 Å². The molecule has 0 radical (unpaired) electrons. The smallest absolute Gasteiger partial charge is 0.407 e. The van der Waals surface area contributed by atoms with E-state index in [2.05, 4.69) is 10.6 Å². The number of methoxy groups -OCH3 is 1. The Balaban J connectivity index is 1.37. The first-order chi connectivity index (χ1) is 21.3. The molecule has 13 heteroatoms. The Morgan fingerprint density at radius 2 is 2.00 bits per heavy atom. The maximum atomic E-state index is 14.1. The minimum absolute atomic E-state index is 0.0322. The Morgan fingerprint density at radius 3 is 2.82 bits per heavy atom. The number of benzene rings is 2. The predicted octanol–water partition coefficient (Wildman–Crippen LogP) is 2.07. The first-order valence-electron chi connectivity index (χ1n) is 14.9. The molecule has 1 amide bonds. The molecular weight excluding hydrogens is 590 g/mol. The molecule has 0 aliphatic carbocycles. The average molecular weight is 632 g/mol. The van der Waals surface area contributed by atoms with E-state index in [1.54, 1.807) is 12.1 Å². The lowest BCUT2D eigenvalue weighted by Gasteiger charge is -2.30. The molecule has 0 aromatic heterocycles. The standard InChI is InChI=1S/C31H41N3O9S/c1-39-23-10-11-29-27(19-23)40-16-7-3-6-13-32-14-15-34(44(29,37)38)20-26(35)25(18-22-8-4-2-5-9-22)33-31(36)43-28-21-42-30-24(28)12-17-41-30/h2-6,8-11,19,24-26,28,30,32,35H,7,12-18,20-21H2,1H3,(H,33,36)/b6-3-/t24-,25-,26+,28-,30+/m0/s1.